The van der Waals surface area contributed by atoms with Crippen LogP contribution >= 0.6 is 34.5 Å². The minimum atomic E-state index is -4.47. The molecule has 0 spiro atoms. The largest absolute Gasteiger partial charge is 0.417 e. The molecule has 2 unspecified atom stereocenters. The van der Waals surface area contributed by atoms with Crippen LogP contribution in [0.4, 0.5) is 13.2 Å². The van der Waals surface area contributed by atoms with Crippen LogP contribution in [0.1, 0.15) is 28.8 Å². The predicted octanol–water partition coefficient (Wildman–Crippen LogP) is 6.51. The van der Waals surface area contributed by atoms with E-state index in [1.165, 1.54) is 46.9 Å². The van der Waals surface area contributed by atoms with Gasteiger partial charge in [0.25, 0.3) is 0 Å². The summed E-state index contributed by atoms with van der Waals surface area (Å²) in [7, 11) is 0. The van der Waals surface area contributed by atoms with Crippen molar-refractivity contribution in [2.45, 2.75) is 31.2 Å². The van der Waals surface area contributed by atoms with Crippen molar-refractivity contribution in [1.29, 1.82) is 0 Å². The van der Waals surface area contributed by atoms with Gasteiger partial charge in [0, 0.05) is 36.5 Å². The Morgan fingerprint density at radius 2 is 1.90 bits per heavy atom. The maximum atomic E-state index is 13.5. The second-order valence-corrected chi connectivity index (χ2v) is 9.19. The van der Waals surface area contributed by atoms with Crippen molar-refractivity contribution < 1.29 is 18.3 Å². The first-order valence-corrected chi connectivity index (χ1v) is 10.8. The van der Waals surface area contributed by atoms with Gasteiger partial charge in [0.05, 0.1) is 12.1 Å². The summed E-state index contributed by atoms with van der Waals surface area (Å²) in [6, 6.07) is 10.3. The van der Waals surface area contributed by atoms with Crippen molar-refractivity contribution >= 4 is 44.6 Å². The summed E-state index contributed by atoms with van der Waals surface area (Å²) in [5.41, 5.74) is -1.90. The Bertz CT molecular complexity index is 1230. The van der Waals surface area contributed by atoms with Gasteiger partial charge in [-0.3, -0.25) is 0 Å². The lowest BCUT2D eigenvalue weighted by Gasteiger charge is -2.35. The summed E-state index contributed by atoms with van der Waals surface area (Å²) in [5.74, 6) is -0.617. The minimum Gasteiger partial charge on any atom is -0.382 e. The van der Waals surface area contributed by atoms with Crippen LogP contribution in [-0.4, -0.2) is 19.9 Å². The molecule has 0 aliphatic rings. The lowest BCUT2D eigenvalue weighted by Crippen LogP contribution is -2.37. The SMILES string of the molecule is CC(c1cc2c(C(F)(F)F)cccc2s1)C(O)(Cn1cncn1)c1ccc(Cl)cc1Cl. The lowest BCUT2D eigenvalue weighted by atomic mass is 9.81. The predicted molar refractivity (Wildman–Crippen MR) is 116 cm³/mol. The van der Waals surface area contributed by atoms with Crippen molar-refractivity contribution in [2.24, 2.45) is 0 Å². The fourth-order valence-electron chi connectivity index (χ4n) is 3.63. The van der Waals surface area contributed by atoms with Gasteiger partial charge in [-0.2, -0.15) is 18.3 Å². The topological polar surface area (TPSA) is 50.9 Å². The van der Waals surface area contributed by atoms with E-state index in [0.29, 0.717) is 20.2 Å². The van der Waals surface area contributed by atoms with Gasteiger partial charge in [0.15, 0.2) is 0 Å². The van der Waals surface area contributed by atoms with Crippen LogP contribution in [0.25, 0.3) is 10.1 Å². The Balaban J connectivity index is 1.85. The molecule has 4 rings (SSSR count). The first kappa shape index (κ1) is 22.1. The van der Waals surface area contributed by atoms with Gasteiger partial charge in [-0.15, -0.1) is 11.3 Å². The smallest absolute Gasteiger partial charge is 0.382 e. The van der Waals surface area contributed by atoms with E-state index in [0.717, 1.165) is 6.07 Å². The second-order valence-electron chi connectivity index (χ2n) is 7.23. The number of rotatable bonds is 5. The number of aromatic nitrogens is 3. The van der Waals surface area contributed by atoms with Crippen LogP contribution in [0.2, 0.25) is 10.0 Å². The number of thiophene rings is 1. The van der Waals surface area contributed by atoms with Crippen molar-refractivity contribution in [2.75, 3.05) is 0 Å². The molecule has 4 nitrogen and oxygen atoms in total. The molecule has 4 aromatic rings. The highest BCUT2D eigenvalue weighted by Gasteiger charge is 2.41. The van der Waals surface area contributed by atoms with Gasteiger partial charge in [0.1, 0.15) is 18.3 Å². The Hall–Kier alpha value is -2.13. The van der Waals surface area contributed by atoms with Crippen molar-refractivity contribution in [3.63, 3.8) is 0 Å². The zero-order chi connectivity index (χ0) is 22.4. The van der Waals surface area contributed by atoms with Gasteiger partial charge in [-0.25, -0.2) is 9.67 Å². The Morgan fingerprint density at radius 3 is 2.55 bits per heavy atom. The normalized spacial score (nSPS) is 15.2. The molecule has 10 heteroatoms. The number of fused-ring (bicyclic) bond motifs is 1. The minimum absolute atomic E-state index is 0.00408. The van der Waals surface area contributed by atoms with Crippen molar-refractivity contribution in [3.05, 3.63) is 81.2 Å². The van der Waals surface area contributed by atoms with E-state index in [1.807, 2.05) is 0 Å². The first-order chi connectivity index (χ1) is 14.6. The summed E-state index contributed by atoms with van der Waals surface area (Å²) in [6.45, 7) is 1.75. The van der Waals surface area contributed by atoms with Crippen LogP contribution in [0, 0.1) is 0 Å². The maximum absolute atomic E-state index is 13.5. The van der Waals surface area contributed by atoms with Gasteiger partial charge < -0.3 is 5.11 Å². The Labute approximate surface area is 189 Å². The van der Waals surface area contributed by atoms with Crippen molar-refractivity contribution in [3.8, 4) is 0 Å². The third-order valence-electron chi connectivity index (χ3n) is 5.30. The van der Waals surface area contributed by atoms with Crippen molar-refractivity contribution in [1.82, 2.24) is 14.8 Å². The molecule has 0 aliphatic heterocycles. The summed E-state index contributed by atoms with van der Waals surface area (Å²) in [4.78, 5) is 4.49. The average Bonchev–Trinajstić information content (AvgIpc) is 3.35. The van der Waals surface area contributed by atoms with Crippen LogP contribution in [0.5, 0.6) is 0 Å². The highest BCUT2D eigenvalue weighted by atomic mass is 35.5. The molecule has 1 N–H and O–H groups in total. The maximum Gasteiger partial charge on any atom is 0.417 e. The molecule has 0 fully saturated rings. The fraction of sp³-hybridized carbons (Fsp3) is 0.238. The molecule has 0 aliphatic carbocycles. The third-order valence-corrected chi connectivity index (χ3v) is 7.13. The highest BCUT2D eigenvalue weighted by Crippen LogP contribution is 2.46. The summed E-state index contributed by atoms with van der Waals surface area (Å²) >= 11 is 13.6. The van der Waals surface area contributed by atoms with Gasteiger partial charge in [-0.1, -0.05) is 42.3 Å². The van der Waals surface area contributed by atoms with E-state index < -0.39 is 23.3 Å². The van der Waals surface area contributed by atoms with Crippen LogP contribution in [0.3, 0.4) is 0 Å². The molecule has 2 atom stereocenters. The molecule has 2 aromatic heterocycles. The number of halogens is 5. The Kier molecular flexibility index (Phi) is 5.76. The molecular formula is C21H16Cl2F3N3OS. The molecule has 0 saturated heterocycles. The molecule has 0 amide bonds. The number of aliphatic hydroxyl groups is 1. The molecule has 31 heavy (non-hydrogen) atoms. The number of alkyl halides is 3. The fourth-order valence-corrected chi connectivity index (χ4v) is 5.43. The number of hydrogen-bond acceptors (Lipinski definition) is 4. The molecule has 2 heterocycles. The summed E-state index contributed by atoms with van der Waals surface area (Å²) < 4.78 is 42.4. The molecule has 0 radical (unpaired) electrons. The monoisotopic (exact) mass is 485 g/mol. The molecule has 2 aromatic carbocycles. The molecule has 0 saturated carbocycles. The van der Waals surface area contributed by atoms with Crippen LogP contribution in [-0.2, 0) is 18.3 Å². The quantitative estimate of drug-likeness (QED) is 0.350. The van der Waals surface area contributed by atoms with Gasteiger partial charge >= 0.3 is 6.18 Å². The second kappa shape index (κ2) is 8.09. The first-order valence-electron chi connectivity index (χ1n) is 9.19. The molecule has 0 bridgehead atoms. The third kappa shape index (κ3) is 4.17. The van der Waals surface area contributed by atoms with E-state index >= 15 is 0 Å². The molecular weight excluding hydrogens is 470 g/mol. The van der Waals surface area contributed by atoms with E-state index in [1.54, 1.807) is 25.1 Å². The number of benzene rings is 2. The zero-order valence-electron chi connectivity index (χ0n) is 16.1. The van der Waals surface area contributed by atoms with E-state index in [-0.39, 0.29) is 17.0 Å². The van der Waals surface area contributed by atoms with Crippen LogP contribution in [0.15, 0.2) is 55.1 Å². The number of hydrogen-bond donors (Lipinski definition) is 1. The molecule has 162 valence electrons. The van der Waals surface area contributed by atoms with Crippen LogP contribution < -0.4 is 0 Å². The van der Waals surface area contributed by atoms with E-state index in [4.69, 9.17) is 23.2 Å². The zero-order valence-corrected chi connectivity index (χ0v) is 18.4. The standard InChI is InChI=1S/C21H16Cl2F3N3OS/c1-12(19-8-14-15(21(24,25)26)3-2-4-18(14)31-19)20(30,9-29-11-27-10-28-29)16-6-5-13(22)7-17(16)23/h2-8,10-12,30H,9H2,1H3. The lowest BCUT2D eigenvalue weighted by molar-refractivity contribution is -0.136. The van der Waals surface area contributed by atoms with Gasteiger partial charge in [0.2, 0.25) is 0 Å². The number of nitrogens with zero attached hydrogens (tertiary/aromatic N) is 3. The summed E-state index contributed by atoms with van der Waals surface area (Å²) in [6.07, 6.45) is -1.69. The summed E-state index contributed by atoms with van der Waals surface area (Å²) in [5, 5.41) is 16.7. The van der Waals surface area contributed by atoms with Gasteiger partial charge in [-0.05, 0) is 30.3 Å². The average molecular weight is 486 g/mol. The van der Waals surface area contributed by atoms with E-state index in [9.17, 15) is 18.3 Å². The highest BCUT2D eigenvalue weighted by molar-refractivity contribution is 7.19. The Morgan fingerprint density at radius 1 is 1.13 bits per heavy atom. The van der Waals surface area contributed by atoms with E-state index in [2.05, 4.69) is 10.1 Å².